The first-order chi connectivity index (χ1) is 13.8. The van der Waals surface area contributed by atoms with Gasteiger partial charge in [-0.05, 0) is 30.5 Å². The molecular weight excluding hydrogens is 368 g/mol. The van der Waals surface area contributed by atoms with Gasteiger partial charge in [0.1, 0.15) is 29.6 Å². The van der Waals surface area contributed by atoms with Crippen LogP contribution in [0.2, 0.25) is 0 Å². The molecule has 1 aromatic carbocycles. The summed E-state index contributed by atoms with van der Waals surface area (Å²) in [6.07, 6.45) is 7.46. The molecule has 0 aromatic heterocycles. The highest BCUT2D eigenvalue weighted by Gasteiger charge is 2.75. The van der Waals surface area contributed by atoms with Gasteiger partial charge in [0.05, 0.1) is 31.1 Å². The fourth-order valence-corrected chi connectivity index (χ4v) is 7.26. The molecule has 1 saturated carbocycles. The fourth-order valence-electron chi connectivity index (χ4n) is 7.26. The summed E-state index contributed by atoms with van der Waals surface area (Å²) in [7, 11) is 2.29. The van der Waals surface area contributed by atoms with Crippen molar-refractivity contribution in [3.63, 3.8) is 0 Å². The number of likely N-dealkylation sites (tertiary alicyclic amines) is 1. The zero-order valence-corrected chi connectivity index (χ0v) is 16.8. The van der Waals surface area contributed by atoms with Crippen LogP contribution in [0.1, 0.15) is 47.2 Å². The van der Waals surface area contributed by atoms with Gasteiger partial charge >= 0.3 is 0 Å². The molecule has 154 valence electrons. The number of piperidine rings is 1. The minimum Gasteiger partial charge on any atom is -0.485 e. The fraction of sp³-hybridized carbons (Fsp3) is 0.609. The van der Waals surface area contributed by atoms with Gasteiger partial charge in [0.25, 0.3) is 5.91 Å². The van der Waals surface area contributed by atoms with E-state index in [2.05, 4.69) is 7.05 Å². The summed E-state index contributed by atoms with van der Waals surface area (Å²) in [5, 5.41) is 23.1. The molecule has 6 rings (SSSR count). The lowest BCUT2D eigenvalue weighted by molar-refractivity contribution is -0.951. The first-order valence-electron chi connectivity index (χ1n) is 10.9. The van der Waals surface area contributed by atoms with Crippen LogP contribution in [0.5, 0.6) is 5.75 Å². The third-order valence-corrected chi connectivity index (χ3v) is 8.85. The Kier molecular flexibility index (Phi) is 3.35. The summed E-state index contributed by atoms with van der Waals surface area (Å²) >= 11 is 0. The molecule has 6 atom stereocenters. The number of aliphatic hydroxyl groups excluding tert-OH is 1. The summed E-state index contributed by atoms with van der Waals surface area (Å²) in [6, 6.07) is 3.74. The summed E-state index contributed by atoms with van der Waals surface area (Å²) in [5.74, 6) is 0.683. The predicted molar refractivity (Wildman–Crippen MR) is 107 cm³/mol. The number of aliphatic hydroxyl groups is 2. The number of primary amides is 1. The highest BCUT2D eigenvalue weighted by Crippen LogP contribution is 2.64. The zero-order valence-electron chi connectivity index (χ0n) is 16.8. The quantitative estimate of drug-likeness (QED) is 0.525. The Balaban J connectivity index is 1.58. The molecular formula is C23H29N2O4+. The van der Waals surface area contributed by atoms with Gasteiger partial charge in [-0.3, -0.25) is 4.79 Å². The van der Waals surface area contributed by atoms with Crippen molar-refractivity contribution in [2.75, 3.05) is 20.1 Å². The number of quaternary nitrogens is 1. The lowest BCUT2D eigenvalue weighted by atomic mass is 9.50. The van der Waals surface area contributed by atoms with Crippen molar-refractivity contribution >= 4 is 5.91 Å². The topological polar surface area (TPSA) is 92.8 Å². The van der Waals surface area contributed by atoms with Gasteiger partial charge in [0, 0.05) is 24.3 Å². The number of hydrogen-bond donors (Lipinski definition) is 3. The number of nitrogens with two attached hydrogens (primary N) is 1. The standard InChI is InChI=1S/C23H28N2O4/c1-25(12-13-3-2-4-13)10-9-22-18-14-5-6-15(21(24)27)19(18)29-20(22)16(26)7-8-23(22,28)17(25)11-14/h5-8,13,16-17,20,26,28H,2-4,9-12H2,1H3,(H-,24,27)/p+1/t16-,17+,20-,22-,23+,25?/m0/s1. The Morgan fingerprint density at radius 2 is 2.17 bits per heavy atom. The van der Waals surface area contributed by atoms with Crippen LogP contribution in [0.15, 0.2) is 24.3 Å². The molecule has 1 spiro atoms. The summed E-state index contributed by atoms with van der Waals surface area (Å²) < 4.78 is 7.11. The molecule has 6 nitrogen and oxygen atoms in total. The number of carbonyl (C=O) groups is 1. The van der Waals surface area contributed by atoms with Crippen LogP contribution in [0.25, 0.3) is 0 Å². The SMILES string of the molecule is C[N+]1(CC2CCC2)CC[C@]23c4c5ccc(C(N)=O)c4O[C@H]2[C@@H](O)C=C[C@@]3(O)[C@H]1C5. The van der Waals surface area contributed by atoms with E-state index in [1.54, 1.807) is 12.1 Å². The maximum atomic E-state index is 12.3. The van der Waals surface area contributed by atoms with Gasteiger partial charge in [-0.2, -0.15) is 0 Å². The molecule has 1 saturated heterocycles. The van der Waals surface area contributed by atoms with Crippen LogP contribution < -0.4 is 10.5 Å². The number of carbonyl (C=O) groups excluding carboxylic acids is 1. The predicted octanol–water partition coefficient (Wildman–Crippen LogP) is 1.02. The Labute approximate surface area is 170 Å². The molecule has 2 bridgehead atoms. The van der Waals surface area contributed by atoms with Crippen molar-refractivity contribution in [1.29, 1.82) is 0 Å². The zero-order chi connectivity index (χ0) is 20.2. The van der Waals surface area contributed by atoms with Crippen molar-refractivity contribution in [1.82, 2.24) is 0 Å². The van der Waals surface area contributed by atoms with Crippen molar-refractivity contribution in [3.05, 3.63) is 41.0 Å². The van der Waals surface area contributed by atoms with E-state index in [-0.39, 0.29) is 6.04 Å². The number of likely N-dealkylation sites (N-methyl/N-ethyl adjacent to an activating group) is 1. The molecule has 6 heteroatoms. The largest absolute Gasteiger partial charge is 0.485 e. The average Bonchev–Trinajstić information content (AvgIpc) is 3.00. The molecule has 4 N–H and O–H groups in total. The summed E-state index contributed by atoms with van der Waals surface area (Å²) in [4.78, 5) is 12.1. The molecule has 0 radical (unpaired) electrons. The van der Waals surface area contributed by atoms with Gasteiger partial charge in [-0.1, -0.05) is 18.6 Å². The van der Waals surface area contributed by atoms with Crippen LogP contribution in [-0.4, -0.2) is 64.6 Å². The van der Waals surface area contributed by atoms with E-state index in [0.717, 1.165) is 47.5 Å². The van der Waals surface area contributed by atoms with E-state index in [4.69, 9.17) is 10.5 Å². The monoisotopic (exact) mass is 397 g/mol. The van der Waals surface area contributed by atoms with E-state index >= 15 is 0 Å². The second-order valence-electron chi connectivity index (χ2n) is 10.2. The van der Waals surface area contributed by atoms with E-state index < -0.39 is 29.1 Å². The lowest BCUT2D eigenvalue weighted by Gasteiger charge is -2.64. The smallest absolute Gasteiger partial charge is 0.252 e. The van der Waals surface area contributed by atoms with Crippen LogP contribution >= 0.6 is 0 Å². The molecule has 29 heavy (non-hydrogen) atoms. The molecule has 2 aliphatic heterocycles. The Bertz CT molecular complexity index is 956. The highest BCUT2D eigenvalue weighted by molar-refractivity contribution is 5.97. The third kappa shape index (κ3) is 1.96. The van der Waals surface area contributed by atoms with Gasteiger partial charge in [0.15, 0.2) is 0 Å². The Hall–Kier alpha value is -1.89. The first-order valence-corrected chi connectivity index (χ1v) is 10.9. The van der Waals surface area contributed by atoms with Crippen LogP contribution in [0, 0.1) is 5.92 Å². The maximum absolute atomic E-state index is 12.3. The molecule has 5 aliphatic rings. The minimum atomic E-state index is -1.11. The Morgan fingerprint density at radius 1 is 1.38 bits per heavy atom. The number of nitrogens with zero attached hydrogens (tertiary/aromatic N) is 1. The minimum absolute atomic E-state index is 0.00424. The van der Waals surface area contributed by atoms with Gasteiger partial charge in [-0.25, -0.2) is 0 Å². The second-order valence-corrected chi connectivity index (χ2v) is 10.2. The maximum Gasteiger partial charge on any atom is 0.252 e. The van der Waals surface area contributed by atoms with Gasteiger partial charge in [0.2, 0.25) is 0 Å². The highest BCUT2D eigenvalue weighted by atomic mass is 16.5. The summed E-state index contributed by atoms with van der Waals surface area (Å²) in [6.45, 7) is 2.02. The van der Waals surface area contributed by atoms with Crippen LogP contribution in [0.4, 0.5) is 0 Å². The second kappa shape index (κ2) is 5.42. The van der Waals surface area contributed by atoms with Gasteiger partial charge in [-0.15, -0.1) is 0 Å². The lowest BCUT2D eigenvalue weighted by Crippen LogP contribution is -2.80. The first kappa shape index (κ1) is 17.9. The van der Waals surface area contributed by atoms with E-state index in [1.807, 2.05) is 12.1 Å². The van der Waals surface area contributed by atoms with Crippen molar-refractivity contribution in [3.8, 4) is 5.75 Å². The number of rotatable bonds is 3. The van der Waals surface area contributed by atoms with E-state index in [0.29, 0.717) is 11.3 Å². The molecule has 2 heterocycles. The van der Waals surface area contributed by atoms with Crippen LogP contribution in [-0.2, 0) is 11.8 Å². The molecule has 2 fully saturated rings. The van der Waals surface area contributed by atoms with E-state index in [9.17, 15) is 15.0 Å². The Morgan fingerprint density at radius 3 is 2.86 bits per heavy atom. The molecule has 1 unspecified atom stereocenters. The number of benzene rings is 1. The normalized spacial score (nSPS) is 44.0. The third-order valence-electron chi connectivity index (χ3n) is 8.85. The van der Waals surface area contributed by atoms with Crippen LogP contribution in [0.3, 0.4) is 0 Å². The molecule has 3 aliphatic carbocycles. The molecule has 1 amide bonds. The van der Waals surface area contributed by atoms with E-state index in [1.165, 1.54) is 19.3 Å². The van der Waals surface area contributed by atoms with Crippen molar-refractivity contribution in [2.24, 2.45) is 11.7 Å². The molecule has 1 aromatic rings. The van der Waals surface area contributed by atoms with Crippen molar-refractivity contribution in [2.45, 2.75) is 61.4 Å². The number of amides is 1. The summed E-state index contributed by atoms with van der Waals surface area (Å²) in [5.41, 5.74) is 6.18. The van der Waals surface area contributed by atoms with Gasteiger partial charge < -0.3 is 25.2 Å². The average molecular weight is 397 g/mol. The number of ether oxygens (including phenoxy) is 1. The van der Waals surface area contributed by atoms with Crippen molar-refractivity contribution < 1.29 is 24.2 Å². The number of hydrogen-bond acceptors (Lipinski definition) is 4.